The van der Waals surface area contributed by atoms with E-state index in [-0.39, 0.29) is 24.6 Å². The molecule has 106 valence electrons. The fraction of sp³-hybridized carbons (Fsp3) is 0.167. The molecular weight excluding hydrogens is 396 g/mol. The van der Waals surface area contributed by atoms with Gasteiger partial charge in [0.1, 0.15) is 11.4 Å². The summed E-state index contributed by atoms with van der Waals surface area (Å²) in [5, 5.41) is 21.2. The molecule has 20 heavy (non-hydrogen) atoms. The van der Waals surface area contributed by atoms with Gasteiger partial charge < -0.3 is 15.5 Å². The van der Waals surface area contributed by atoms with Crippen molar-refractivity contribution < 1.29 is 19.8 Å². The van der Waals surface area contributed by atoms with E-state index in [4.69, 9.17) is 5.11 Å². The van der Waals surface area contributed by atoms with Crippen molar-refractivity contribution in [2.75, 3.05) is 18.5 Å². The minimum Gasteiger partial charge on any atom is -0.506 e. The molecule has 1 aromatic carbocycles. The van der Waals surface area contributed by atoms with Crippen LogP contribution in [-0.2, 0) is 9.59 Å². The molecule has 0 saturated heterocycles. The number of phenolic OH excluding ortho intramolecular Hbond substituents is 1. The number of aromatic hydroxyl groups is 1. The number of benzene rings is 1. The number of hydrogen-bond acceptors (Lipinski definition) is 5. The Morgan fingerprint density at radius 2 is 1.80 bits per heavy atom. The first-order valence-electron chi connectivity index (χ1n) is 5.57. The fourth-order valence-electron chi connectivity index (χ4n) is 1.70. The normalized spacial score (nSPS) is 14.8. The second-order valence-corrected chi connectivity index (χ2v) is 5.70. The van der Waals surface area contributed by atoms with Crippen LogP contribution >= 0.6 is 31.9 Å². The summed E-state index contributed by atoms with van der Waals surface area (Å²) in [4.78, 5) is 24.5. The number of hydrogen-bond donors (Lipinski definition) is 3. The summed E-state index contributed by atoms with van der Waals surface area (Å²) in [5.74, 6) is -0.923. The van der Waals surface area contributed by atoms with Gasteiger partial charge in [-0.05, 0) is 44.0 Å². The van der Waals surface area contributed by atoms with Crippen LogP contribution in [0.1, 0.15) is 0 Å². The van der Waals surface area contributed by atoms with Crippen LogP contribution in [0, 0.1) is 0 Å². The van der Waals surface area contributed by atoms with E-state index < -0.39 is 11.8 Å². The lowest BCUT2D eigenvalue weighted by Gasteiger charge is -2.14. The molecule has 8 heteroatoms. The lowest BCUT2D eigenvalue weighted by molar-refractivity contribution is -0.137. The van der Waals surface area contributed by atoms with Gasteiger partial charge in [-0.3, -0.25) is 14.5 Å². The molecule has 2 amide bonds. The van der Waals surface area contributed by atoms with Gasteiger partial charge in [-0.15, -0.1) is 0 Å². The van der Waals surface area contributed by atoms with Crippen molar-refractivity contribution >= 4 is 49.4 Å². The number of β-amino-alcohol motifs (C(OH)–C–C–N with tert-alkyl or cyclic N) is 1. The molecule has 2 rings (SSSR count). The topological polar surface area (TPSA) is 89.9 Å². The van der Waals surface area contributed by atoms with Gasteiger partial charge in [0.05, 0.1) is 22.1 Å². The zero-order valence-corrected chi connectivity index (χ0v) is 13.2. The predicted octanol–water partition coefficient (Wildman–Crippen LogP) is 1.57. The number of anilines is 1. The zero-order chi connectivity index (χ0) is 14.9. The Hall–Kier alpha value is -1.38. The molecule has 3 N–H and O–H groups in total. The number of nitrogens with zero attached hydrogens (tertiary/aromatic N) is 1. The standard InChI is InChI=1S/C12H10Br2N2O4/c13-7-3-6(4-8(14)11(7)19)15-9-5-10(18)16(1-2-17)12(9)20/h3-5,15,17,19H,1-2H2. The Morgan fingerprint density at radius 3 is 2.35 bits per heavy atom. The van der Waals surface area contributed by atoms with E-state index in [1.54, 1.807) is 12.1 Å². The minimum atomic E-state index is -0.496. The Balaban J connectivity index is 2.21. The van der Waals surface area contributed by atoms with Crippen molar-refractivity contribution in [3.8, 4) is 5.75 Å². The van der Waals surface area contributed by atoms with E-state index in [0.29, 0.717) is 14.6 Å². The van der Waals surface area contributed by atoms with E-state index in [2.05, 4.69) is 37.2 Å². The van der Waals surface area contributed by atoms with Gasteiger partial charge in [0.15, 0.2) is 0 Å². The van der Waals surface area contributed by atoms with Crippen LogP contribution in [0.25, 0.3) is 0 Å². The summed E-state index contributed by atoms with van der Waals surface area (Å²) in [7, 11) is 0. The highest BCUT2D eigenvalue weighted by atomic mass is 79.9. The van der Waals surface area contributed by atoms with Crippen LogP contribution in [0.4, 0.5) is 5.69 Å². The third-order valence-corrected chi connectivity index (χ3v) is 3.84. The lowest BCUT2D eigenvalue weighted by Crippen LogP contribution is -2.34. The van der Waals surface area contributed by atoms with Gasteiger partial charge in [-0.25, -0.2) is 0 Å². The average molecular weight is 406 g/mol. The second-order valence-electron chi connectivity index (χ2n) is 3.99. The molecular formula is C12H10Br2N2O4. The van der Waals surface area contributed by atoms with Gasteiger partial charge in [0, 0.05) is 11.8 Å². The molecule has 0 unspecified atom stereocenters. The average Bonchev–Trinajstić information content (AvgIpc) is 2.64. The molecule has 0 radical (unpaired) electrons. The molecule has 1 heterocycles. The van der Waals surface area contributed by atoms with Crippen molar-refractivity contribution in [1.82, 2.24) is 4.90 Å². The lowest BCUT2D eigenvalue weighted by atomic mass is 10.3. The highest BCUT2D eigenvalue weighted by Crippen LogP contribution is 2.35. The smallest absolute Gasteiger partial charge is 0.277 e. The number of imide groups is 1. The number of carbonyl (C=O) groups excluding carboxylic acids is 2. The van der Waals surface area contributed by atoms with E-state index in [1.165, 1.54) is 6.08 Å². The van der Waals surface area contributed by atoms with Crippen molar-refractivity contribution in [2.45, 2.75) is 0 Å². The van der Waals surface area contributed by atoms with Crippen molar-refractivity contribution in [3.05, 3.63) is 32.9 Å². The Morgan fingerprint density at radius 1 is 1.20 bits per heavy atom. The number of aliphatic hydroxyl groups is 1. The number of aliphatic hydroxyl groups excluding tert-OH is 1. The minimum absolute atomic E-state index is 0.0394. The second kappa shape index (κ2) is 5.94. The van der Waals surface area contributed by atoms with Gasteiger partial charge in [0.2, 0.25) is 0 Å². The Kier molecular flexibility index (Phi) is 4.46. The van der Waals surface area contributed by atoms with E-state index in [1.807, 2.05) is 0 Å². The molecule has 0 aromatic heterocycles. The summed E-state index contributed by atoms with van der Waals surface area (Å²) in [6, 6.07) is 3.15. The number of rotatable bonds is 4. The van der Waals surface area contributed by atoms with Gasteiger partial charge >= 0.3 is 0 Å². The Labute approximate surface area is 131 Å². The predicted molar refractivity (Wildman–Crippen MR) is 79.0 cm³/mol. The largest absolute Gasteiger partial charge is 0.506 e. The molecule has 0 spiro atoms. The summed E-state index contributed by atoms with van der Waals surface area (Å²) in [6.45, 7) is -0.322. The maximum absolute atomic E-state index is 11.9. The summed E-state index contributed by atoms with van der Waals surface area (Å²) < 4.78 is 0.887. The van der Waals surface area contributed by atoms with Crippen LogP contribution in [0.2, 0.25) is 0 Å². The molecule has 0 aliphatic carbocycles. The Bertz CT molecular complexity index is 592. The molecule has 0 fully saturated rings. The third-order valence-electron chi connectivity index (χ3n) is 2.63. The van der Waals surface area contributed by atoms with Gasteiger partial charge in [-0.1, -0.05) is 0 Å². The number of amides is 2. The molecule has 0 atom stereocenters. The van der Waals surface area contributed by atoms with Crippen molar-refractivity contribution in [1.29, 1.82) is 0 Å². The van der Waals surface area contributed by atoms with E-state index in [9.17, 15) is 14.7 Å². The first-order chi connectivity index (χ1) is 9.43. The molecule has 6 nitrogen and oxygen atoms in total. The maximum atomic E-state index is 11.9. The van der Waals surface area contributed by atoms with E-state index >= 15 is 0 Å². The monoisotopic (exact) mass is 404 g/mol. The molecule has 0 saturated carbocycles. The number of carbonyl (C=O) groups is 2. The first-order valence-corrected chi connectivity index (χ1v) is 7.16. The van der Waals surface area contributed by atoms with Crippen LogP contribution in [0.3, 0.4) is 0 Å². The van der Waals surface area contributed by atoms with Gasteiger partial charge in [-0.2, -0.15) is 0 Å². The zero-order valence-electron chi connectivity index (χ0n) is 10.1. The van der Waals surface area contributed by atoms with Gasteiger partial charge in [0.25, 0.3) is 11.8 Å². The van der Waals surface area contributed by atoms with Crippen LogP contribution in [-0.4, -0.2) is 40.1 Å². The quantitative estimate of drug-likeness (QED) is 0.522. The van der Waals surface area contributed by atoms with Crippen molar-refractivity contribution in [2.24, 2.45) is 0 Å². The number of halogens is 2. The highest BCUT2D eigenvalue weighted by molar-refractivity contribution is 9.11. The molecule has 1 aliphatic rings. The van der Waals surface area contributed by atoms with E-state index in [0.717, 1.165) is 4.90 Å². The SMILES string of the molecule is O=C1C=C(Nc2cc(Br)c(O)c(Br)c2)C(=O)N1CCO. The highest BCUT2D eigenvalue weighted by Gasteiger charge is 2.30. The molecule has 1 aromatic rings. The third kappa shape index (κ3) is 2.87. The van der Waals surface area contributed by atoms with Crippen LogP contribution in [0.15, 0.2) is 32.9 Å². The first kappa shape index (κ1) is 15.0. The summed E-state index contributed by atoms with van der Waals surface area (Å²) >= 11 is 6.35. The fourth-order valence-corrected chi connectivity index (χ4v) is 2.89. The number of nitrogens with one attached hydrogen (secondary N) is 1. The van der Waals surface area contributed by atoms with Crippen LogP contribution < -0.4 is 5.32 Å². The summed E-state index contributed by atoms with van der Waals surface area (Å²) in [6.07, 6.45) is 1.17. The number of phenols is 1. The molecule has 1 aliphatic heterocycles. The maximum Gasteiger partial charge on any atom is 0.277 e. The van der Waals surface area contributed by atoms with Crippen LogP contribution in [0.5, 0.6) is 5.75 Å². The molecule has 0 bridgehead atoms. The summed E-state index contributed by atoms with van der Waals surface area (Å²) in [5.41, 5.74) is 0.646. The van der Waals surface area contributed by atoms with Crippen molar-refractivity contribution in [3.63, 3.8) is 0 Å².